The molecule has 2 aromatic carbocycles. The summed E-state index contributed by atoms with van der Waals surface area (Å²) in [4.78, 5) is 39.6. The molecule has 27 heavy (non-hydrogen) atoms. The average Bonchev–Trinajstić information content (AvgIpc) is 3.00. The molecular formula is C22H23NO4. The summed E-state index contributed by atoms with van der Waals surface area (Å²) in [7, 11) is 0. The first-order valence-corrected chi connectivity index (χ1v) is 9.22. The van der Waals surface area contributed by atoms with Gasteiger partial charge < -0.3 is 4.74 Å². The van der Waals surface area contributed by atoms with E-state index in [9.17, 15) is 14.4 Å². The summed E-state index contributed by atoms with van der Waals surface area (Å²) in [5.74, 6) is -1.63. The number of nitrogens with zero attached hydrogens (tertiary/aromatic N) is 1. The zero-order chi connectivity index (χ0) is 19.4. The maximum atomic E-state index is 13.2. The normalized spacial score (nSPS) is 20.2. The molecule has 1 aliphatic rings. The van der Waals surface area contributed by atoms with Crippen LogP contribution in [0, 0.1) is 5.92 Å². The Balaban J connectivity index is 1.85. The molecule has 2 amide bonds. The molecule has 0 saturated carbocycles. The van der Waals surface area contributed by atoms with E-state index in [2.05, 4.69) is 0 Å². The fourth-order valence-electron chi connectivity index (χ4n) is 3.47. The molecule has 1 unspecified atom stereocenters. The van der Waals surface area contributed by atoms with Gasteiger partial charge in [0.25, 0.3) is 0 Å². The van der Waals surface area contributed by atoms with Gasteiger partial charge in [0.1, 0.15) is 12.0 Å². The molecule has 0 radical (unpaired) electrons. The monoisotopic (exact) mass is 365 g/mol. The van der Waals surface area contributed by atoms with Gasteiger partial charge >= 0.3 is 6.09 Å². The van der Waals surface area contributed by atoms with Crippen molar-refractivity contribution in [1.82, 2.24) is 4.90 Å². The number of Topliss-reactive ketones (excluding diaryl/α,β-unsaturated/α-hetero) is 1. The van der Waals surface area contributed by atoms with E-state index in [4.69, 9.17) is 4.74 Å². The Morgan fingerprint density at radius 2 is 1.63 bits per heavy atom. The fraction of sp³-hybridized carbons (Fsp3) is 0.318. The topological polar surface area (TPSA) is 63.7 Å². The number of amides is 2. The highest BCUT2D eigenvalue weighted by atomic mass is 16.6. The number of benzene rings is 2. The minimum Gasteiger partial charge on any atom is -0.439 e. The van der Waals surface area contributed by atoms with Crippen molar-refractivity contribution in [1.29, 1.82) is 0 Å². The third-order valence-electron chi connectivity index (χ3n) is 4.89. The molecule has 5 heteroatoms. The molecule has 0 spiro atoms. The lowest BCUT2D eigenvalue weighted by atomic mass is 9.91. The minimum atomic E-state index is -0.887. The van der Waals surface area contributed by atoms with Crippen LogP contribution in [0.4, 0.5) is 4.79 Å². The average molecular weight is 365 g/mol. The van der Waals surface area contributed by atoms with Crippen molar-refractivity contribution < 1.29 is 19.1 Å². The number of rotatable bonds is 6. The van der Waals surface area contributed by atoms with Crippen LogP contribution < -0.4 is 0 Å². The molecule has 140 valence electrons. The number of cyclic esters (lactones) is 1. The number of ketones is 1. The summed E-state index contributed by atoms with van der Waals surface area (Å²) < 4.78 is 5.46. The molecule has 5 nitrogen and oxygen atoms in total. The van der Waals surface area contributed by atoms with Crippen LogP contribution in [-0.2, 0) is 9.53 Å². The second-order valence-corrected chi connectivity index (χ2v) is 6.74. The van der Waals surface area contributed by atoms with Crippen LogP contribution in [0.5, 0.6) is 0 Å². The number of hydrogen-bond acceptors (Lipinski definition) is 4. The van der Waals surface area contributed by atoms with Gasteiger partial charge in [-0.05, 0) is 18.9 Å². The van der Waals surface area contributed by atoms with E-state index in [0.717, 1.165) is 10.5 Å². The van der Waals surface area contributed by atoms with Crippen LogP contribution in [0.25, 0.3) is 0 Å². The molecule has 1 heterocycles. The molecule has 0 aromatic heterocycles. The molecule has 1 aliphatic heterocycles. The minimum absolute atomic E-state index is 0.259. The lowest BCUT2D eigenvalue weighted by Gasteiger charge is -2.23. The summed E-state index contributed by atoms with van der Waals surface area (Å²) in [6, 6.07) is 17.6. The highest BCUT2D eigenvalue weighted by molar-refractivity contribution is 6.12. The largest absolute Gasteiger partial charge is 0.439 e. The van der Waals surface area contributed by atoms with Gasteiger partial charge in [-0.1, -0.05) is 74.0 Å². The van der Waals surface area contributed by atoms with Crippen molar-refractivity contribution in [2.45, 2.75) is 38.8 Å². The van der Waals surface area contributed by atoms with Crippen molar-refractivity contribution >= 4 is 17.8 Å². The molecular weight excluding hydrogens is 342 g/mol. The van der Waals surface area contributed by atoms with Gasteiger partial charge in [-0.3, -0.25) is 9.59 Å². The SMILES string of the molecule is CCCC(C(=O)c1ccccc1)C(=O)N1C(=O)O[C@@H](c2ccccc2)[C@H]1C. The first kappa shape index (κ1) is 18.8. The van der Waals surface area contributed by atoms with Crippen LogP contribution in [0.15, 0.2) is 60.7 Å². The quantitative estimate of drug-likeness (QED) is 0.562. The second-order valence-electron chi connectivity index (χ2n) is 6.74. The number of carbonyl (C=O) groups excluding carboxylic acids is 3. The number of imide groups is 1. The van der Waals surface area contributed by atoms with E-state index in [1.54, 1.807) is 31.2 Å². The zero-order valence-electron chi connectivity index (χ0n) is 15.5. The van der Waals surface area contributed by atoms with Crippen molar-refractivity contribution in [2.24, 2.45) is 5.92 Å². The van der Waals surface area contributed by atoms with E-state index < -0.39 is 30.1 Å². The summed E-state index contributed by atoms with van der Waals surface area (Å²) in [6.45, 7) is 3.69. The summed E-state index contributed by atoms with van der Waals surface area (Å²) in [5, 5.41) is 0. The smallest absolute Gasteiger partial charge is 0.417 e. The Kier molecular flexibility index (Phi) is 5.69. The Hall–Kier alpha value is -2.95. The van der Waals surface area contributed by atoms with Crippen LogP contribution in [-0.4, -0.2) is 28.7 Å². The maximum absolute atomic E-state index is 13.2. The second kappa shape index (κ2) is 8.16. The molecule has 3 atom stereocenters. The molecule has 1 fully saturated rings. The highest BCUT2D eigenvalue weighted by Crippen LogP contribution is 2.34. The van der Waals surface area contributed by atoms with E-state index in [-0.39, 0.29) is 5.78 Å². The molecule has 2 aromatic rings. The lowest BCUT2D eigenvalue weighted by molar-refractivity contribution is -0.132. The third-order valence-corrected chi connectivity index (χ3v) is 4.89. The Morgan fingerprint density at radius 1 is 1.04 bits per heavy atom. The molecule has 3 rings (SSSR count). The van der Waals surface area contributed by atoms with Gasteiger partial charge in [0.15, 0.2) is 5.78 Å². The van der Waals surface area contributed by atoms with Crippen LogP contribution >= 0.6 is 0 Å². The maximum Gasteiger partial charge on any atom is 0.417 e. The van der Waals surface area contributed by atoms with Gasteiger partial charge in [-0.25, -0.2) is 9.69 Å². The van der Waals surface area contributed by atoms with Crippen LogP contribution in [0.2, 0.25) is 0 Å². The predicted octanol–water partition coefficient (Wildman–Crippen LogP) is 4.39. The zero-order valence-corrected chi connectivity index (χ0v) is 15.5. The third kappa shape index (κ3) is 3.77. The number of ether oxygens (including phenoxy) is 1. The summed E-state index contributed by atoms with van der Waals surface area (Å²) in [5.41, 5.74) is 1.30. The van der Waals surface area contributed by atoms with E-state index >= 15 is 0 Å². The molecule has 0 N–H and O–H groups in total. The Labute approximate surface area is 158 Å². The highest BCUT2D eigenvalue weighted by Gasteiger charge is 2.46. The van der Waals surface area contributed by atoms with Crippen molar-refractivity contribution in [3.05, 3.63) is 71.8 Å². The Bertz CT molecular complexity index is 819. The van der Waals surface area contributed by atoms with Crippen LogP contribution in [0.1, 0.15) is 48.7 Å². The summed E-state index contributed by atoms with van der Waals surface area (Å²) >= 11 is 0. The Morgan fingerprint density at radius 3 is 2.22 bits per heavy atom. The van der Waals surface area contributed by atoms with Crippen molar-refractivity contribution in [3.63, 3.8) is 0 Å². The van der Waals surface area contributed by atoms with Gasteiger partial charge in [-0.15, -0.1) is 0 Å². The van der Waals surface area contributed by atoms with Crippen LogP contribution in [0.3, 0.4) is 0 Å². The van der Waals surface area contributed by atoms with Gasteiger partial charge in [0.2, 0.25) is 5.91 Å². The predicted molar refractivity (Wildman–Crippen MR) is 101 cm³/mol. The van der Waals surface area contributed by atoms with E-state index in [1.165, 1.54) is 0 Å². The lowest BCUT2D eigenvalue weighted by Crippen LogP contribution is -2.44. The number of carbonyl (C=O) groups is 3. The van der Waals surface area contributed by atoms with E-state index in [1.807, 2.05) is 43.3 Å². The first-order chi connectivity index (χ1) is 13.0. The standard InChI is InChI=1S/C22H23NO4/c1-3-10-18(19(24)16-11-6-4-7-12-16)21(25)23-15(2)20(27-22(23)26)17-13-8-5-9-14-17/h4-9,11-15,18,20H,3,10H2,1-2H3/t15-,18?,20-/m1/s1. The molecule has 0 bridgehead atoms. The van der Waals surface area contributed by atoms with Crippen molar-refractivity contribution in [3.8, 4) is 0 Å². The fourth-order valence-corrected chi connectivity index (χ4v) is 3.47. The van der Waals surface area contributed by atoms with Crippen molar-refractivity contribution in [2.75, 3.05) is 0 Å². The first-order valence-electron chi connectivity index (χ1n) is 9.22. The van der Waals surface area contributed by atoms with Gasteiger partial charge in [-0.2, -0.15) is 0 Å². The summed E-state index contributed by atoms with van der Waals surface area (Å²) in [6.07, 6.45) is -0.173. The molecule has 1 saturated heterocycles. The van der Waals surface area contributed by atoms with E-state index in [0.29, 0.717) is 18.4 Å². The number of hydrogen-bond donors (Lipinski definition) is 0. The molecule has 0 aliphatic carbocycles. The van der Waals surface area contributed by atoms with Gasteiger partial charge in [0.05, 0.1) is 6.04 Å². The van der Waals surface area contributed by atoms with Gasteiger partial charge in [0, 0.05) is 5.56 Å².